The number of anilines is 3. The summed E-state index contributed by atoms with van der Waals surface area (Å²) in [7, 11) is 0. The molecule has 0 spiro atoms. The number of hydrogen-bond acceptors (Lipinski definition) is 7. The SMILES string of the molecule is CC(C)CN1CCCCC1CNc1nc(C(F)(F)F)ccc1-c1cc(Nc2cccc3c2CC(O)CC3)ncn1. The van der Waals surface area contributed by atoms with E-state index in [0.29, 0.717) is 36.0 Å². The van der Waals surface area contributed by atoms with Crippen LogP contribution in [0.1, 0.15) is 56.4 Å². The normalized spacial score (nSPS) is 19.9. The lowest BCUT2D eigenvalue weighted by Crippen LogP contribution is -2.45. The number of likely N-dealkylation sites (tertiary alicyclic amines) is 1. The fraction of sp³-hybridized carbons (Fsp3) is 0.500. The number of pyridine rings is 1. The number of piperidine rings is 1. The summed E-state index contributed by atoms with van der Waals surface area (Å²) in [6.07, 6.45) is 1.79. The Morgan fingerprint density at radius 2 is 1.95 bits per heavy atom. The lowest BCUT2D eigenvalue weighted by molar-refractivity contribution is -0.141. The van der Waals surface area contributed by atoms with Crippen LogP contribution < -0.4 is 10.6 Å². The van der Waals surface area contributed by atoms with Gasteiger partial charge in [-0.2, -0.15) is 13.2 Å². The second kappa shape index (κ2) is 12.1. The van der Waals surface area contributed by atoms with E-state index in [-0.39, 0.29) is 18.0 Å². The van der Waals surface area contributed by atoms with Gasteiger partial charge in [0, 0.05) is 42.9 Å². The van der Waals surface area contributed by atoms with Gasteiger partial charge in [-0.05, 0) is 67.5 Å². The van der Waals surface area contributed by atoms with Crippen LogP contribution in [-0.2, 0) is 19.0 Å². The quantitative estimate of drug-likeness (QED) is 0.312. The van der Waals surface area contributed by atoms with Gasteiger partial charge in [0.2, 0.25) is 0 Å². The monoisotopic (exact) mass is 554 g/mol. The number of nitrogens with zero attached hydrogens (tertiary/aromatic N) is 4. The molecule has 2 aliphatic rings. The molecule has 1 saturated heterocycles. The average Bonchev–Trinajstić information content (AvgIpc) is 2.92. The van der Waals surface area contributed by atoms with Gasteiger partial charge >= 0.3 is 6.18 Å². The number of aliphatic hydroxyl groups is 1. The maximum atomic E-state index is 13.6. The highest BCUT2D eigenvalue weighted by Gasteiger charge is 2.33. The molecule has 0 bridgehead atoms. The minimum absolute atomic E-state index is 0.162. The molecule has 2 unspecified atom stereocenters. The van der Waals surface area contributed by atoms with Crippen LogP contribution in [0.25, 0.3) is 11.3 Å². The van der Waals surface area contributed by atoms with Crippen LogP contribution in [0.2, 0.25) is 0 Å². The first-order chi connectivity index (χ1) is 19.2. The van der Waals surface area contributed by atoms with Gasteiger partial charge in [0.25, 0.3) is 0 Å². The first-order valence-corrected chi connectivity index (χ1v) is 14.1. The third-order valence-electron chi connectivity index (χ3n) is 7.71. The molecule has 1 aliphatic heterocycles. The van der Waals surface area contributed by atoms with Crippen molar-refractivity contribution in [1.29, 1.82) is 0 Å². The zero-order valence-corrected chi connectivity index (χ0v) is 23.0. The maximum absolute atomic E-state index is 13.6. The van der Waals surface area contributed by atoms with Gasteiger partial charge in [0.05, 0.1) is 11.8 Å². The van der Waals surface area contributed by atoms with Crippen molar-refractivity contribution in [2.75, 3.05) is 30.3 Å². The second-order valence-electron chi connectivity index (χ2n) is 11.3. The highest BCUT2D eigenvalue weighted by molar-refractivity contribution is 5.75. The molecule has 214 valence electrons. The molecule has 0 amide bonds. The lowest BCUT2D eigenvalue weighted by atomic mass is 9.88. The Labute approximate surface area is 233 Å². The first kappa shape index (κ1) is 28.3. The highest BCUT2D eigenvalue weighted by atomic mass is 19.4. The molecule has 3 N–H and O–H groups in total. The van der Waals surface area contributed by atoms with E-state index in [1.807, 2.05) is 12.1 Å². The Bertz CT molecular complexity index is 1310. The molecule has 3 heterocycles. The molecule has 3 aromatic rings. The van der Waals surface area contributed by atoms with E-state index in [2.05, 4.69) is 50.4 Å². The number of hydrogen-bond donors (Lipinski definition) is 3. The summed E-state index contributed by atoms with van der Waals surface area (Å²) in [6, 6.07) is 10.4. The molecule has 0 radical (unpaired) electrons. The van der Waals surface area contributed by atoms with Gasteiger partial charge in [-0.25, -0.2) is 15.0 Å². The molecule has 1 aromatic carbocycles. The van der Waals surface area contributed by atoms with Crippen LogP contribution in [0.4, 0.5) is 30.5 Å². The Balaban J connectivity index is 1.42. The van der Waals surface area contributed by atoms with Crippen LogP contribution in [0, 0.1) is 5.92 Å². The number of fused-ring (bicyclic) bond motifs is 1. The summed E-state index contributed by atoms with van der Waals surface area (Å²) in [6.45, 7) is 6.81. The fourth-order valence-corrected chi connectivity index (χ4v) is 5.77. The third kappa shape index (κ3) is 6.72. The summed E-state index contributed by atoms with van der Waals surface area (Å²) < 4.78 is 40.9. The Hall–Kier alpha value is -3.24. The van der Waals surface area contributed by atoms with E-state index in [0.717, 1.165) is 62.5 Å². The van der Waals surface area contributed by atoms with Gasteiger partial charge in [-0.3, -0.25) is 4.90 Å². The van der Waals surface area contributed by atoms with E-state index >= 15 is 0 Å². The second-order valence-corrected chi connectivity index (χ2v) is 11.3. The van der Waals surface area contributed by atoms with Crippen molar-refractivity contribution >= 4 is 17.3 Å². The Morgan fingerprint density at radius 1 is 1.10 bits per heavy atom. The van der Waals surface area contributed by atoms with Gasteiger partial charge < -0.3 is 15.7 Å². The summed E-state index contributed by atoms with van der Waals surface area (Å²) >= 11 is 0. The van der Waals surface area contributed by atoms with Crippen molar-refractivity contribution in [3.63, 3.8) is 0 Å². The molecule has 2 aromatic heterocycles. The van der Waals surface area contributed by atoms with E-state index in [4.69, 9.17) is 0 Å². The summed E-state index contributed by atoms with van der Waals surface area (Å²) in [4.78, 5) is 15.2. The molecule has 5 rings (SSSR count). The molecular formula is C30H37F3N6O. The summed E-state index contributed by atoms with van der Waals surface area (Å²) in [5.74, 6) is 1.18. The molecular weight excluding hydrogens is 517 g/mol. The van der Waals surface area contributed by atoms with Gasteiger partial charge in [0.15, 0.2) is 0 Å². The van der Waals surface area contributed by atoms with E-state index < -0.39 is 11.9 Å². The predicted octanol–water partition coefficient (Wildman–Crippen LogP) is 6.07. The number of halogens is 3. The molecule has 0 saturated carbocycles. The van der Waals surface area contributed by atoms with Crippen LogP contribution in [0.15, 0.2) is 42.7 Å². The minimum atomic E-state index is -4.56. The molecule has 7 nitrogen and oxygen atoms in total. The van der Waals surface area contributed by atoms with Crippen molar-refractivity contribution in [2.45, 2.75) is 70.7 Å². The van der Waals surface area contributed by atoms with E-state index in [1.54, 1.807) is 6.07 Å². The van der Waals surface area contributed by atoms with Crippen molar-refractivity contribution in [3.05, 3.63) is 59.5 Å². The molecule has 1 fully saturated rings. The summed E-state index contributed by atoms with van der Waals surface area (Å²) in [5, 5.41) is 16.8. The number of nitrogens with one attached hydrogen (secondary N) is 2. The predicted molar refractivity (Wildman–Crippen MR) is 151 cm³/mol. The van der Waals surface area contributed by atoms with Crippen LogP contribution in [-0.4, -0.2) is 56.7 Å². The van der Waals surface area contributed by atoms with Gasteiger partial charge in [0.1, 0.15) is 23.7 Å². The number of rotatable bonds is 8. The van der Waals surface area contributed by atoms with Crippen LogP contribution >= 0.6 is 0 Å². The largest absolute Gasteiger partial charge is 0.433 e. The maximum Gasteiger partial charge on any atom is 0.433 e. The van der Waals surface area contributed by atoms with Crippen LogP contribution in [0.3, 0.4) is 0 Å². The zero-order chi connectivity index (χ0) is 28.3. The zero-order valence-electron chi connectivity index (χ0n) is 23.0. The van der Waals surface area contributed by atoms with Crippen LogP contribution in [0.5, 0.6) is 0 Å². The van der Waals surface area contributed by atoms with E-state index in [1.165, 1.54) is 18.0 Å². The van der Waals surface area contributed by atoms with E-state index in [9.17, 15) is 18.3 Å². The topological polar surface area (TPSA) is 86.2 Å². The molecule has 2 atom stereocenters. The highest BCUT2D eigenvalue weighted by Crippen LogP contribution is 2.34. The fourth-order valence-electron chi connectivity index (χ4n) is 5.77. The number of aliphatic hydroxyl groups excluding tert-OH is 1. The van der Waals surface area contributed by atoms with Crippen molar-refractivity contribution in [3.8, 4) is 11.3 Å². The van der Waals surface area contributed by atoms with Crippen molar-refractivity contribution in [2.24, 2.45) is 5.92 Å². The third-order valence-corrected chi connectivity index (χ3v) is 7.71. The number of aryl methyl sites for hydroxylation is 1. The standard InChI is InChI=1S/C30H37F3N6O/c1-19(2)17-39-13-4-3-7-21(39)16-34-29-23(11-12-27(38-29)30(31,32)33)26-15-28(36-18-35-26)37-25-8-5-6-20-9-10-22(40)14-24(20)25/h5-6,8,11-12,15,18-19,21-22,40H,3-4,7,9-10,13-14,16-17H2,1-2H3,(H,34,38)(H,35,36,37). The number of benzene rings is 1. The molecule has 10 heteroatoms. The molecule has 1 aliphatic carbocycles. The minimum Gasteiger partial charge on any atom is -0.393 e. The van der Waals surface area contributed by atoms with Gasteiger partial charge in [-0.15, -0.1) is 0 Å². The first-order valence-electron chi connectivity index (χ1n) is 14.1. The smallest absolute Gasteiger partial charge is 0.393 e. The number of aromatic nitrogens is 3. The lowest BCUT2D eigenvalue weighted by Gasteiger charge is -2.37. The number of alkyl halides is 3. The average molecular weight is 555 g/mol. The Morgan fingerprint density at radius 3 is 2.75 bits per heavy atom. The van der Waals surface area contributed by atoms with Crippen molar-refractivity contribution < 1.29 is 18.3 Å². The Kier molecular flexibility index (Phi) is 8.56. The van der Waals surface area contributed by atoms with Crippen molar-refractivity contribution in [1.82, 2.24) is 19.9 Å². The molecule has 40 heavy (non-hydrogen) atoms. The summed E-state index contributed by atoms with van der Waals surface area (Å²) in [5.41, 5.74) is 3.11. The van der Waals surface area contributed by atoms with Gasteiger partial charge in [-0.1, -0.05) is 32.4 Å².